The minimum absolute atomic E-state index is 0.469. The molecule has 0 aromatic rings. The molecule has 0 aliphatic carbocycles. The van der Waals surface area contributed by atoms with Gasteiger partial charge >= 0.3 is 0 Å². The Hall–Kier alpha value is -0.210. The largest absolute Gasteiger partial charge is 0.314 e. The van der Waals surface area contributed by atoms with Crippen LogP contribution in [0.25, 0.3) is 0 Å². The van der Waals surface area contributed by atoms with Crippen LogP contribution < -0.4 is 10.0 Å². The standard InChI is InChI=1S/C9H22N4O2S/c1-3-12(2)7-6-11-16(14,15)13-8-4-10-5-9-13/h10-11H,3-9H2,1-2H3. The Balaban J connectivity index is 2.33. The Morgan fingerprint density at radius 3 is 2.56 bits per heavy atom. The van der Waals surface area contributed by atoms with Crippen LogP contribution >= 0.6 is 0 Å². The lowest BCUT2D eigenvalue weighted by Crippen LogP contribution is -2.51. The van der Waals surface area contributed by atoms with Crippen molar-refractivity contribution in [3.8, 4) is 0 Å². The molecule has 7 heteroatoms. The summed E-state index contributed by atoms with van der Waals surface area (Å²) in [6.07, 6.45) is 0. The van der Waals surface area contributed by atoms with Crippen LogP contribution in [-0.4, -0.2) is 70.5 Å². The Kier molecular flexibility index (Phi) is 5.63. The molecule has 6 nitrogen and oxygen atoms in total. The van der Waals surface area contributed by atoms with E-state index in [1.54, 1.807) is 0 Å². The molecule has 1 aliphatic rings. The molecule has 0 radical (unpaired) electrons. The summed E-state index contributed by atoms with van der Waals surface area (Å²) < 4.78 is 27.8. The van der Waals surface area contributed by atoms with E-state index in [1.807, 2.05) is 14.0 Å². The van der Waals surface area contributed by atoms with E-state index < -0.39 is 10.2 Å². The Morgan fingerprint density at radius 2 is 2.00 bits per heavy atom. The number of rotatable bonds is 6. The minimum atomic E-state index is -3.27. The molecule has 1 fully saturated rings. The summed E-state index contributed by atoms with van der Waals surface area (Å²) in [6.45, 7) is 6.75. The van der Waals surface area contributed by atoms with Crippen molar-refractivity contribution < 1.29 is 8.42 Å². The average Bonchev–Trinajstić information content (AvgIpc) is 2.30. The zero-order chi connectivity index (χ0) is 12.0. The molecule has 0 bridgehead atoms. The van der Waals surface area contributed by atoms with Gasteiger partial charge in [0.05, 0.1) is 0 Å². The van der Waals surface area contributed by atoms with E-state index in [-0.39, 0.29) is 0 Å². The summed E-state index contributed by atoms with van der Waals surface area (Å²) >= 11 is 0. The minimum Gasteiger partial charge on any atom is -0.314 e. The van der Waals surface area contributed by atoms with Crippen LogP contribution in [0.3, 0.4) is 0 Å². The zero-order valence-electron chi connectivity index (χ0n) is 10.1. The quantitative estimate of drug-likeness (QED) is 0.613. The fourth-order valence-electron chi connectivity index (χ4n) is 1.50. The third-order valence-corrected chi connectivity index (χ3v) is 4.35. The lowest BCUT2D eigenvalue weighted by molar-refractivity contribution is 0.340. The molecular weight excluding hydrogens is 228 g/mol. The van der Waals surface area contributed by atoms with Crippen molar-refractivity contribution in [3.63, 3.8) is 0 Å². The first kappa shape index (κ1) is 13.9. The smallest absolute Gasteiger partial charge is 0.279 e. The Morgan fingerprint density at radius 1 is 1.38 bits per heavy atom. The third-order valence-electron chi connectivity index (χ3n) is 2.73. The second-order valence-corrected chi connectivity index (χ2v) is 5.70. The van der Waals surface area contributed by atoms with Gasteiger partial charge in [-0.2, -0.15) is 12.7 Å². The molecule has 2 N–H and O–H groups in total. The highest BCUT2D eigenvalue weighted by atomic mass is 32.2. The van der Waals surface area contributed by atoms with Gasteiger partial charge in [-0.1, -0.05) is 6.92 Å². The molecule has 0 spiro atoms. The van der Waals surface area contributed by atoms with Gasteiger partial charge in [0.2, 0.25) is 0 Å². The van der Waals surface area contributed by atoms with Gasteiger partial charge in [-0.15, -0.1) is 0 Å². The van der Waals surface area contributed by atoms with Gasteiger partial charge in [0.25, 0.3) is 10.2 Å². The first-order valence-electron chi connectivity index (χ1n) is 5.70. The molecule has 0 amide bonds. The predicted molar refractivity (Wildman–Crippen MR) is 64.5 cm³/mol. The van der Waals surface area contributed by atoms with Crippen molar-refractivity contribution in [1.29, 1.82) is 0 Å². The highest BCUT2D eigenvalue weighted by molar-refractivity contribution is 7.87. The highest BCUT2D eigenvalue weighted by Crippen LogP contribution is 1.99. The SMILES string of the molecule is CCN(C)CCNS(=O)(=O)N1CCNCC1. The van der Waals surface area contributed by atoms with Gasteiger partial charge in [-0.25, -0.2) is 4.72 Å². The van der Waals surface area contributed by atoms with Gasteiger partial charge in [0.1, 0.15) is 0 Å². The Bertz CT molecular complexity index is 288. The first-order chi connectivity index (χ1) is 7.56. The fourth-order valence-corrected chi connectivity index (χ4v) is 2.69. The normalized spacial score (nSPS) is 19.2. The van der Waals surface area contributed by atoms with Crippen molar-refractivity contribution >= 4 is 10.2 Å². The van der Waals surface area contributed by atoms with E-state index in [9.17, 15) is 8.42 Å². The maximum atomic E-state index is 11.8. The van der Waals surface area contributed by atoms with Crippen LogP contribution in [-0.2, 0) is 10.2 Å². The van der Waals surface area contributed by atoms with E-state index >= 15 is 0 Å². The molecule has 0 unspecified atom stereocenters. The van der Waals surface area contributed by atoms with E-state index in [2.05, 4.69) is 14.9 Å². The lowest BCUT2D eigenvalue weighted by atomic mass is 10.4. The van der Waals surface area contributed by atoms with Crippen LogP contribution in [0.4, 0.5) is 0 Å². The number of hydrogen-bond acceptors (Lipinski definition) is 4. The van der Waals surface area contributed by atoms with Crippen LogP contribution in [0.15, 0.2) is 0 Å². The lowest BCUT2D eigenvalue weighted by Gasteiger charge is -2.27. The average molecular weight is 250 g/mol. The van der Waals surface area contributed by atoms with E-state index in [0.717, 1.165) is 26.2 Å². The van der Waals surface area contributed by atoms with E-state index in [0.29, 0.717) is 19.6 Å². The second-order valence-electron chi connectivity index (χ2n) is 3.94. The molecular formula is C9H22N4O2S. The van der Waals surface area contributed by atoms with Crippen LogP contribution in [0.5, 0.6) is 0 Å². The molecule has 0 aromatic carbocycles. The van der Waals surface area contributed by atoms with Gasteiger partial charge in [-0.05, 0) is 13.6 Å². The number of likely N-dealkylation sites (N-methyl/N-ethyl adjacent to an activating group) is 1. The van der Waals surface area contributed by atoms with Crippen molar-refractivity contribution in [2.75, 3.05) is 52.9 Å². The van der Waals surface area contributed by atoms with Crippen molar-refractivity contribution in [2.45, 2.75) is 6.92 Å². The second kappa shape index (κ2) is 6.51. The van der Waals surface area contributed by atoms with E-state index in [4.69, 9.17) is 0 Å². The number of piperazine rings is 1. The van der Waals surface area contributed by atoms with Crippen LogP contribution in [0.1, 0.15) is 6.92 Å². The summed E-state index contributed by atoms with van der Waals surface area (Å²) in [5, 5.41) is 3.13. The molecule has 1 heterocycles. The van der Waals surface area contributed by atoms with Gasteiger partial charge < -0.3 is 10.2 Å². The maximum Gasteiger partial charge on any atom is 0.279 e. The summed E-state index contributed by atoms with van der Waals surface area (Å²) in [5.41, 5.74) is 0. The summed E-state index contributed by atoms with van der Waals surface area (Å²) in [6, 6.07) is 0. The van der Waals surface area contributed by atoms with Gasteiger partial charge in [0, 0.05) is 39.3 Å². The molecule has 0 saturated carbocycles. The molecule has 16 heavy (non-hydrogen) atoms. The molecule has 1 saturated heterocycles. The van der Waals surface area contributed by atoms with Gasteiger partial charge in [-0.3, -0.25) is 0 Å². The summed E-state index contributed by atoms with van der Waals surface area (Å²) in [5.74, 6) is 0. The maximum absolute atomic E-state index is 11.8. The molecule has 0 aromatic heterocycles. The van der Waals surface area contributed by atoms with Crippen molar-refractivity contribution in [3.05, 3.63) is 0 Å². The number of hydrogen-bond donors (Lipinski definition) is 2. The van der Waals surface area contributed by atoms with Gasteiger partial charge in [0.15, 0.2) is 0 Å². The topological polar surface area (TPSA) is 64.7 Å². The highest BCUT2D eigenvalue weighted by Gasteiger charge is 2.22. The summed E-state index contributed by atoms with van der Waals surface area (Å²) in [4.78, 5) is 2.07. The first-order valence-corrected chi connectivity index (χ1v) is 7.14. The summed E-state index contributed by atoms with van der Waals surface area (Å²) in [7, 11) is -1.30. The molecule has 1 aliphatic heterocycles. The molecule has 0 atom stereocenters. The van der Waals surface area contributed by atoms with Crippen LogP contribution in [0, 0.1) is 0 Å². The number of nitrogens with zero attached hydrogens (tertiary/aromatic N) is 2. The number of nitrogens with one attached hydrogen (secondary N) is 2. The monoisotopic (exact) mass is 250 g/mol. The van der Waals surface area contributed by atoms with Crippen LogP contribution in [0.2, 0.25) is 0 Å². The zero-order valence-corrected chi connectivity index (χ0v) is 10.9. The fraction of sp³-hybridized carbons (Fsp3) is 1.00. The third kappa shape index (κ3) is 4.34. The molecule has 96 valence electrons. The Labute approximate surface area is 98.2 Å². The predicted octanol–water partition coefficient (Wildman–Crippen LogP) is -1.32. The van der Waals surface area contributed by atoms with E-state index in [1.165, 1.54) is 4.31 Å². The van der Waals surface area contributed by atoms with Crippen molar-refractivity contribution in [2.24, 2.45) is 0 Å². The molecule has 1 rings (SSSR count). The van der Waals surface area contributed by atoms with Crippen molar-refractivity contribution in [1.82, 2.24) is 19.2 Å².